The first-order valence-electron chi connectivity index (χ1n) is 6.93. The highest BCUT2D eigenvalue weighted by molar-refractivity contribution is 7.18. The number of rotatable bonds is 1. The first-order chi connectivity index (χ1) is 10.2. The quantitative estimate of drug-likeness (QED) is 0.762. The van der Waals surface area contributed by atoms with E-state index in [1.807, 2.05) is 6.92 Å². The van der Waals surface area contributed by atoms with Gasteiger partial charge in [0, 0.05) is 25.9 Å². The minimum absolute atomic E-state index is 0.0576. The van der Waals surface area contributed by atoms with Gasteiger partial charge < -0.3 is 14.4 Å². The molecule has 0 N–H and O–H groups in total. The molecule has 0 saturated carbocycles. The maximum Gasteiger partial charge on any atom is 0.284 e. The van der Waals surface area contributed by atoms with Crippen LogP contribution in [0.1, 0.15) is 28.5 Å². The summed E-state index contributed by atoms with van der Waals surface area (Å²) in [6, 6.07) is 0. The van der Waals surface area contributed by atoms with E-state index in [1.165, 1.54) is 11.3 Å². The van der Waals surface area contributed by atoms with E-state index in [4.69, 9.17) is 9.47 Å². The number of hydrogen-bond acceptors (Lipinski definition) is 7. The molecular weight excluding hydrogens is 294 g/mol. The molecule has 8 nitrogen and oxygen atoms in total. The topological polar surface area (TPSA) is 81.9 Å². The van der Waals surface area contributed by atoms with E-state index < -0.39 is 5.79 Å². The number of aryl methyl sites for hydroxylation is 1. The highest BCUT2D eigenvalue weighted by Crippen LogP contribution is 2.32. The van der Waals surface area contributed by atoms with Gasteiger partial charge in [-0.1, -0.05) is 11.3 Å². The predicted molar refractivity (Wildman–Crippen MR) is 73.2 cm³/mol. The molecule has 2 aliphatic heterocycles. The number of amides is 1. The SMILES string of the molecule is Cc1nnc2sc(C(=O)N3CCC4(CC3)OCCO4)nn12. The zero-order valence-electron chi connectivity index (χ0n) is 11.6. The Balaban J connectivity index is 1.50. The molecule has 0 radical (unpaired) electrons. The second kappa shape index (κ2) is 4.72. The molecule has 1 amide bonds. The van der Waals surface area contributed by atoms with Gasteiger partial charge in [0.25, 0.3) is 5.91 Å². The number of piperidine rings is 1. The molecule has 0 unspecified atom stereocenters. The first kappa shape index (κ1) is 13.1. The van der Waals surface area contributed by atoms with Crippen molar-refractivity contribution < 1.29 is 14.3 Å². The number of hydrogen-bond donors (Lipinski definition) is 0. The van der Waals surface area contributed by atoms with E-state index >= 15 is 0 Å². The van der Waals surface area contributed by atoms with Crippen molar-refractivity contribution in [3.8, 4) is 0 Å². The van der Waals surface area contributed by atoms with Crippen LogP contribution in [0.4, 0.5) is 0 Å². The van der Waals surface area contributed by atoms with Gasteiger partial charge in [-0.15, -0.1) is 15.3 Å². The molecule has 112 valence electrons. The average Bonchev–Trinajstić information content (AvgIpc) is 3.18. The number of likely N-dealkylation sites (tertiary alicyclic amines) is 1. The van der Waals surface area contributed by atoms with Gasteiger partial charge in [-0.05, 0) is 6.92 Å². The Labute approximate surface area is 124 Å². The molecule has 2 aromatic heterocycles. The Morgan fingerprint density at radius 2 is 1.95 bits per heavy atom. The second-order valence-electron chi connectivity index (χ2n) is 5.25. The molecule has 9 heteroatoms. The Morgan fingerprint density at radius 1 is 1.24 bits per heavy atom. The van der Waals surface area contributed by atoms with E-state index in [1.54, 1.807) is 9.42 Å². The summed E-state index contributed by atoms with van der Waals surface area (Å²) in [6.45, 7) is 4.34. The average molecular weight is 309 g/mol. The standard InChI is InChI=1S/C12H15N5O3S/c1-8-13-14-11-17(8)15-9(21-11)10(18)16-4-2-12(3-5-16)19-6-7-20-12/h2-7H2,1H3. The maximum atomic E-state index is 12.5. The van der Waals surface area contributed by atoms with Crippen LogP contribution in [0.2, 0.25) is 0 Å². The summed E-state index contributed by atoms with van der Waals surface area (Å²) in [6.07, 6.45) is 1.42. The lowest BCUT2D eigenvalue weighted by Crippen LogP contribution is -2.47. The number of carbonyl (C=O) groups is 1. The number of nitrogens with zero attached hydrogens (tertiary/aromatic N) is 5. The van der Waals surface area contributed by atoms with Gasteiger partial charge in [0.05, 0.1) is 13.2 Å². The molecule has 4 heterocycles. The Morgan fingerprint density at radius 3 is 2.62 bits per heavy atom. The lowest BCUT2D eigenvalue weighted by Gasteiger charge is -2.37. The largest absolute Gasteiger partial charge is 0.347 e. The summed E-state index contributed by atoms with van der Waals surface area (Å²) in [5.41, 5.74) is 0. The highest BCUT2D eigenvalue weighted by atomic mass is 32.1. The zero-order valence-corrected chi connectivity index (χ0v) is 12.4. The molecule has 4 rings (SSSR count). The van der Waals surface area contributed by atoms with Gasteiger partial charge in [0.2, 0.25) is 9.97 Å². The van der Waals surface area contributed by atoms with Crippen molar-refractivity contribution >= 4 is 22.2 Å². The van der Waals surface area contributed by atoms with E-state index in [-0.39, 0.29) is 5.91 Å². The Hall–Kier alpha value is -1.58. The molecular formula is C12H15N5O3S. The van der Waals surface area contributed by atoms with Crippen LogP contribution in [0.3, 0.4) is 0 Å². The number of fused-ring (bicyclic) bond motifs is 1. The van der Waals surface area contributed by atoms with Gasteiger partial charge in [-0.2, -0.15) is 4.52 Å². The molecule has 21 heavy (non-hydrogen) atoms. The van der Waals surface area contributed by atoms with Crippen LogP contribution in [-0.4, -0.2) is 62.7 Å². The summed E-state index contributed by atoms with van der Waals surface area (Å²) in [5, 5.41) is 12.6. The Bertz CT molecular complexity index is 680. The van der Waals surface area contributed by atoms with E-state index in [0.29, 0.717) is 54.9 Å². The molecule has 2 fully saturated rings. The van der Waals surface area contributed by atoms with Crippen LogP contribution >= 0.6 is 11.3 Å². The Kier molecular flexibility index (Phi) is 2.95. The van der Waals surface area contributed by atoms with Crippen molar-refractivity contribution in [3.05, 3.63) is 10.8 Å². The summed E-state index contributed by atoms with van der Waals surface area (Å²) in [4.78, 5) is 15.0. The van der Waals surface area contributed by atoms with Crippen LogP contribution < -0.4 is 0 Å². The third-order valence-electron chi connectivity index (χ3n) is 3.96. The number of aromatic nitrogens is 4. The van der Waals surface area contributed by atoms with Gasteiger partial charge in [-0.25, -0.2) is 0 Å². The smallest absolute Gasteiger partial charge is 0.284 e. The lowest BCUT2D eigenvalue weighted by molar-refractivity contribution is -0.181. The van der Waals surface area contributed by atoms with Crippen LogP contribution in [0.5, 0.6) is 0 Å². The van der Waals surface area contributed by atoms with Crippen LogP contribution in [0.25, 0.3) is 4.96 Å². The molecule has 2 aromatic rings. The summed E-state index contributed by atoms with van der Waals surface area (Å²) in [7, 11) is 0. The van der Waals surface area contributed by atoms with E-state index in [9.17, 15) is 4.79 Å². The number of ether oxygens (including phenoxy) is 2. The molecule has 0 aliphatic carbocycles. The highest BCUT2D eigenvalue weighted by Gasteiger charge is 2.41. The monoisotopic (exact) mass is 309 g/mol. The fraction of sp³-hybridized carbons (Fsp3) is 0.667. The van der Waals surface area contributed by atoms with Gasteiger partial charge >= 0.3 is 0 Å². The van der Waals surface area contributed by atoms with Crippen molar-refractivity contribution in [2.75, 3.05) is 26.3 Å². The normalized spacial score (nSPS) is 21.5. The van der Waals surface area contributed by atoms with Gasteiger partial charge in [0.1, 0.15) is 0 Å². The summed E-state index contributed by atoms with van der Waals surface area (Å²) in [5.74, 6) is 0.165. The van der Waals surface area contributed by atoms with E-state index in [2.05, 4.69) is 15.3 Å². The molecule has 2 aliphatic rings. The minimum atomic E-state index is -0.464. The van der Waals surface area contributed by atoms with Crippen molar-refractivity contribution in [2.24, 2.45) is 0 Å². The minimum Gasteiger partial charge on any atom is -0.347 e. The van der Waals surface area contributed by atoms with Gasteiger partial charge in [-0.3, -0.25) is 4.79 Å². The maximum absolute atomic E-state index is 12.5. The second-order valence-corrected chi connectivity index (χ2v) is 6.20. The molecule has 0 atom stereocenters. The van der Waals surface area contributed by atoms with Crippen LogP contribution in [-0.2, 0) is 9.47 Å². The predicted octanol–water partition coefficient (Wildman–Crippen LogP) is 0.473. The molecule has 1 spiro atoms. The molecule has 0 aromatic carbocycles. The molecule has 2 saturated heterocycles. The van der Waals surface area contributed by atoms with E-state index in [0.717, 1.165) is 0 Å². The van der Waals surface area contributed by atoms with Crippen molar-refractivity contribution in [1.29, 1.82) is 0 Å². The fourth-order valence-corrected chi connectivity index (χ4v) is 3.63. The lowest BCUT2D eigenvalue weighted by atomic mass is 10.0. The first-order valence-corrected chi connectivity index (χ1v) is 7.75. The van der Waals surface area contributed by atoms with Crippen LogP contribution in [0, 0.1) is 6.92 Å². The fourth-order valence-electron chi connectivity index (χ4n) is 2.77. The zero-order chi connectivity index (χ0) is 14.4. The summed E-state index contributed by atoms with van der Waals surface area (Å²) >= 11 is 1.27. The van der Waals surface area contributed by atoms with Crippen molar-refractivity contribution in [2.45, 2.75) is 25.6 Å². The van der Waals surface area contributed by atoms with Gasteiger partial charge in [0.15, 0.2) is 11.6 Å². The number of carbonyl (C=O) groups excluding carboxylic acids is 1. The van der Waals surface area contributed by atoms with Crippen LogP contribution in [0.15, 0.2) is 0 Å². The third kappa shape index (κ3) is 2.12. The molecule has 0 bridgehead atoms. The summed E-state index contributed by atoms with van der Waals surface area (Å²) < 4.78 is 12.9. The van der Waals surface area contributed by atoms with Crippen molar-refractivity contribution in [1.82, 2.24) is 24.7 Å². The van der Waals surface area contributed by atoms with Crippen molar-refractivity contribution in [3.63, 3.8) is 0 Å². The third-order valence-corrected chi connectivity index (χ3v) is 4.84.